The van der Waals surface area contributed by atoms with Crippen LogP contribution < -0.4 is 15.2 Å². The molecule has 1 heterocycles. The minimum Gasteiger partial charge on any atom is -0.486 e. The zero-order chi connectivity index (χ0) is 13.0. The molecule has 0 radical (unpaired) electrons. The summed E-state index contributed by atoms with van der Waals surface area (Å²) in [5.74, 6) is 2.69. The summed E-state index contributed by atoms with van der Waals surface area (Å²) in [6, 6.07) is 6.03. The molecule has 2 N–H and O–H groups in total. The van der Waals surface area contributed by atoms with Crippen molar-refractivity contribution in [2.45, 2.75) is 20.3 Å². The molecular weight excluding hydrogens is 228 g/mol. The molecule has 1 aromatic carbocycles. The summed E-state index contributed by atoms with van der Waals surface area (Å²) in [4.78, 5) is 4.35. The fourth-order valence-electron chi connectivity index (χ4n) is 1.74. The number of hydrogen-bond acceptors (Lipinski definition) is 3. The smallest absolute Gasteiger partial charge is 0.161 e. The van der Waals surface area contributed by atoms with Crippen molar-refractivity contribution in [3.05, 3.63) is 23.8 Å². The van der Waals surface area contributed by atoms with E-state index in [0.717, 1.165) is 17.9 Å². The molecule has 0 amide bonds. The quantitative estimate of drug-likeness (QED) is 0.655. The third kappa shape index (κ3) is 3.15. The number of nitrogens with zero attached hydrogens (tertiary/aromatic N) is 1. The molecule has 1 aromatic rings. The molecule has 1 aliphatic rings. The Morgan fingerprint density at radius 3 is 2.72 bits per heavy atom. The molecule has 0 unspecified atom stereocenters. The van der Waals surface area contributed by atoms with Crippen molar-refractivity contribution in [1.29, 1.82) is 0 Å². The van der Waals surface area contributed by atoms with Crippen molar-refractivity contribution in [3.63, 3.8) is 0 Å². The summed E-state index contributed by atoms with van der Waals surface area (Å²) >= 11 is 0. The van der Waals surface area contributed by atoms with Gasteiger partial charge in [-0.15, -0.1) is 0 Å². The summed E-state index contributed by atoms with van der Waals surface area (Å²) in [6.07, 6.45) is 0.865. The van der Waals surface area contributed by atoms with Crippen molar-refractivity contribution < 1.29 is 9.47 Å². The summed E-state index contributed by atoms with van der Waals surface area (Å²) in [7, 11) is 0. The largest absolute Gasteiger partial charge is 0.486 e. The Balaban J connectivity index is 1.96. The minimum atomic E-state index is 0.310. The fourth-order valence-corrected chi connectivity index (χ4v) is 1.74. The molecule has 0 aliphatic carbocycles. The SMILES string of the molecule is CC(C)C(N)=NCCc1ccc2c(c1)OCCO2. The topological polar surface area (TPSA) is 56.8 Å². The highest BCUT2D eigenvalue weighted by Crippen LogP contribution is 2.30. The maximum Gasteiger partial charge on any atom is 0.161 e. The van der Waals surface area contributed by atoms with Crippen LogP contribution in [0.4, 0.5) is 0 Å². The predicted octanol–water partition coefficient (Wildman–Crippen LogP) is 2.01. The molecule has 4 heteroatoms. The van der Waals surface area contributed by atoms with Crippen LogP contribution in [0.1, 0.15) is 19.4 Å². The highest BCUT2D eigenvalue weighted by Gasteiger charge is 2.11. The average molecular weight is 248 g/mol. The molecule has 0 bridgehead atoms. The van der Waals surface area contributed by atoms with Crippen LogP contribution in [0.25, 0.3) is 0 Å². The molecule has 98 valence electrons. The third-order valence-corrected chi connectivity index (χ3v) is 2.89. The predicted molar refractivity (Wildman–Crippen MR) is 72.5 cm³/mol. The van der Waals surface area contributed by atoms with Crippen LogP contribution in [0, 0.1) is 5.92 Å². The van der Waals surface area contributed by atoms with Gasteiger partial charge in [-0.2, -0.15) is 0 Å². The molecular formula is C14H20N2O2. The van der Waals surface area contributed by atoms with E-state index in [2.05, 4.69) is 11.1 Å². The van der Waals surface area contributed by atoms with Crippen molar-refractivity contribution in [3.8, 4) is 11.5 Å². The van der Waals surface area contributed by atoms with Crippen LogP contribution in [0.3, 0.4) is 0 Å². The Hall–Kier alpha value is -1.71. The molecule has 4 nitrogen and oxygen atoms in total. The van der Waals surface area contributed by atoms with Gasteiger partial charge in [0.15, 0.2) is 11.5 Å². The van der Waals surface area contributed by atoms with Crippen LogP contribution in [0.2, 0.25) is 0 Å². The zero-order valence-corrected chi connectivity index (χ0v) is 11.0. The van der Waals surface area contributed by atoms with E-state index in [9.17, 15) is 0 Å². The highest BCUT2D eigenvalue weighted by molar-refractivity contribution is 5.82. The Kier molecular flexibility index (Phi) is 4.07. The first-order valence-corrected chi connectivity index (χ1v) is 6.35. The van der Waals surface area contributed by atoms with Crippen molar-refractivity contribution in [1.82, 2.24) is 0 Å². The number of ether oxygens (including phenoxy) is 2. The molecule has 0 fully saturated rings. The first-order chi connectivity index (χ1) is 8.66. The number of rotatable bonds is 4. The third-order valence-electron chi connectivity index (χ3n) is 2.89. The lowest BCUT2D eigenvalue weighted by atomic mass is 10.1. The standard InChI is InChI=1S/C14H20N2O2/c1-10(2)14(15)16-6-5-11-3-4-12-13(9-11)18-8-7-17-12/h3-4,9-10H,5-8H2,1-2H3,(H2,15,16). The number of aliphatic imine (C=N–C) groups is 1. The fraction of sp³-hybridized carbons (Fsp3) is 0.500. The Bertz CT molecular complexity index is 441. The lowest BCUT2D eigenvalue weighted by molar-refractivity contribution is 0.171. The van der Waals surface area contributed by atoms with Crippen molar-refractivity contribution >= 4 is 5.84 Å². The van der Waals surface area contributed by atoms with Crippen LogP contribution in [-0.2, 0) is 6.42 Å². The molecule has 18 heavy (non-hydrogen) atoms. The van der Waals surface area contributed by atoms with Crippen molar-refractivity contribution in [2.24, 2.45) is 16.6 Å². The Morgan fingerprint density at radius 2 is 2.00 bits per heavy atom. The van der Waals surface area contributed by atoms with Gasteiger partial charge in [-0.25, -0.2) is 0 Å². The lowest BCUT2D eigenvalue weighted by Gasteiger charge is -2.18. The highest BCUT2D eigenvalue weighted by atomic mass is 16.6. The first kappa shape index (κ1) is 12.7. The van der Waals surface area contributed by atoms with Gasteiger partial charge in [-0.05, 0) is 24.1 Å². The number of amidine groups is 1. The Morgan fingerprint density at radius 1 is 1.28 bits per heavy atom. The van der Waals surface area contributed by atoms with Gasteiger partial charge >= 0.3 is 0 Å². The number of hydrogen-bond donors (Lipinski definition) is 1. The maximum atomic E-state index is 5.80. The van der Waals surface area contributed by atoms with E-state index in [1.165, 1.54) is 5.56 Å². The first-order valence-electron chi connectivity index (χ1n) is 6.35. The molecule has 0 saturated heterocycles. The van der Waals surface area contributed by atoms with Gasteiger partial charge in [0, 0.05) is 12.5 Å². The molecule has 0 atom stereocenters. The van der Waals surface area contributed by atoms with Crippen LogP contribution >= 0.6 is 0 Å². The average Bonchev–Trinajstić information content (AvgIpc) is 2.38. The van der Waals surface area contributed by atoms with Gasteiger partial charge in [-0.1, -0.05) is 19.9 Å². The number of benzene rings is 1. The van der Waals surface area contributed by atoms with Gasteiger partial charge in [-0.3, -0.25) is 4.99 Å². The molecule has 0 saturated carbocycles. The van der Waals surface area contributed by atoms with E-state index in [0.29, 0.717) is 31.5 Å². The summed E-state index contributed by atoms with van der Waals surface area (Å²) in [6.45, 7) is 6.05. The van der Waals surface area contributed by atoms with Gasteiger partial charge < -0.3 is 15.2 Å². The van der Waals surface area contributed by atoms with E-state index < -0.39 is 0 Å². The second-order valence-corrected chi connectivity index (χ2v) is 4.69. The monoisotopic (exact) mass is 248 g/mol. The summed E-state index contributed by atoms with van der Waals surface area (Å²) in [5, 5.41) is 0. The Labute approximate surface area is 108 Å². The van der Waals surface area contributed by atoms with E-state index in [-0.39, 0.29) is 0 Å². The second kappa shape index (κ2) is 5.76. The summed E-state index contributed by atoms with van der Waals surface area (Å²) in [5.41, 5.74) is 6.99. The number of fused-ring (bicyclic) bond motifs is 1. The van der Waals surface area contributed by atoms with E-state index in [1.807, 2.05) is 26.0 Å². The van der Waals surface area contributed by atoms with Crippen molar-refractivity contribution in [2.75, 3.05) is 19.8 Å². The van der Waals surface area contributed by atoms with Gasteiger partial charge in [0.05, 0.1) is 5.84 Å². The maximum absolute atomic E-state index is 5.80. The molecule has 0 aromatic heterocycles. The van der Waals surface area contributed by atoms with Crippen LogP contribution in [-0.4, -0.2) is 25.6 Å². The van der Waals surface area contributed by atoms with Crippen LogP contribution in [0.15, 0.2) is 23.2 Å². The zero-order valence-electron chi connectivity index (χ0n) is 11.0. The number of nitrogens with two attached hydrogens (primary N) is 1. The van der Waals surface area contributed by atoms with E-state index in [4.69, 9.17) is 15.2 Å². The normalized spacial score (nSPS) is 14.9. The minimum absolute atomic E-state index is 0.310. The van der Waals surface area contributed by atoms with E-state index in [1.54, 1.807) is 0 Å². The van der Waals surface area contributed by atoms with Gasteiger partial charge in [0.2, 0.25) is 0 Å². The second-order valence-electron chi connectivity index (χ2n) is 4.69. The van der Waals surface area contributed by atoms with Gasteiger partial charge in [0.25, 0.3) is 0 Å². The molecule has 0 spiro atoms. The molecule has 2 rings (SSSR count). The summed E-state index contributed by atoms with van der Waals surface area (Å²) < 4.78 is 11.0. The lowest BCUT2D eigenvalue weighted by Crippen LogP contribution is -2.19. The molecule has 1 aliphatic heterocycles. The van der Waals surface area contributed by atoms with E-state index >= 15 is 0 Å². The van der Waals surface area contributed by atoms with Gasteiger partial charge in [0.1, 0.15) is 13.2 Å². The van der Waals surface area contributed by atoms with Crippen LogP contribution in [0.5, 0.6) is 11.5 Å².